The second-order valence-electron chi connectivity index (χ2n) is 3.44. The van der Waals surface area contributed by atoms with Crippen LogP contribution in [0.3, 0.4) is 0 Å². The summed E-state index contributed by atoms with van der Waals surface area (Å²) in [4.78, 5) is 9.39. The van der Waals surface area contributed by atoms with Crippen LogP contribution in [0, 0.1) is 0 Å². The zero-order valence-electron chi connectivity index (χ0n) is 8.99. The molecule has 0 unspecified atom stereocenters. The summed E-state index contributed by atoms with van der Waals surface area (Å²) < 4.78 is 2.82. The number of nitrogens with zero attached hydrogens (tertiary/aromatic N) is 4. The van der Waals surface area contributed by atoms with Gasteiger partial charge < -0.3 is 5.73 Å². The standard InChI is InChI=1S/C10H9N5S2/c1-15-10(12-4-14-15)17-6-2-3-7-9(8(6)11)13-5-16-7/h2-5H,11H2,1H3. The molecule has 86 valence electrons. The molecule has 0 bridgehead atoms. The van der Waals surface area contributed by atoms with Gasteiger partial charge in [-0.25, -0.2) is 14.6 Å². The normalized spacial score (nSPS) is 11.1. The highest BCUT2D eigenvalue weighted by molar-refractivity contribution is 7.99. The van der Waals surface area contributed by atoms with Crippen LogP contribution in [-0.4, -0.2) is 19.7 Å². The molecule has 0 aliphatic rings. The summed E-state index contributed by atoms with van der Waals surface area (Å²) in [6, 6.07) is 4.03. The Bertz CT molecular complexity index is 672. The number of hydrogen-bond acceptors (Lipinski definition) is 6. The third-order valence-corrected chi connectivity index (χ3v) is 4.29. The highest BCUT2D eigenvalue weighted by Crippen LogP contribution is 2.35. The minimum absolute atomic E-state index is 0.705. The Labute approximate surface area is 106 Å². The van der Waals surface area contributed by atoms with E-state index >= 15 is 0 Å². The number of fused-ring (bicyclic) bond motifs is 1. The predicted octanol–water partition coefficient (Wildman–Crippen LogP) is 2.16. The molecular weight excluding hydrogens is 254 g/mol. The van der Waals surface area contributed by atoms with Gasteiger partial charge in [-0.15, -0.1) is 11.3 Å². The van der Waals surface area contributed by atoms with Gasteiger partial charge >= 0.3 is 0 Å². The highest BCUT2D eigenvalue weighted by atomic mass is 32.2. The van der Waals surface area contributed by atoms with Crippen molar-refractivity contribution in [1.29, 1.82) is 0 Å². The molecular formula is C10H9N5S2. The number of aromatic nitrogens is 4. The van der Waals surface area contributed by atoms with Gasteiger partial charge in [0.05, 0.1) is 15.9 Å². The van der Waals surface area contributed by atoms with Gasteiger partial charge in [0.1, 0.15) is 11.8 Å². The third-order valence-electron chi connectivity index (χ3n) is 2.37. The van der Waals surface area contributed by atoms with Crippen molar-refractivity contribution < 1.29 is 0 Å². The third kappa shape index (κ3) is 1.77. The van der Waals surface area contributed by atoms with Gasteiger partial charge in [0, 0.05) is 11.9 Å². The molecule has 0 spiro atoms. The first-order valence-electron chi connectivity index (χ1n) is 4.89. The maximum absolute atomic E-state index is 6.10. The minimum Gasteiger partial charge on any atom is -0.396 e. The minimum atomic E-state index is 0.705. The zero-order chi connectivity index (χ0) is 11.8. The molecule has 0 saturated carbocycles. The van der Waals surface area contributed by atoms with Crippen molar-refractivity contribution >= 4 is 39.0 Å². The number of benzene rings is 1. The van der Waals surface area contributed by atoms with E-state index in [1.165, 1.54) is 18.1 Å². The second kappa shape index (κ2) is 4.01. The fourth-order valence-electron chi connectivity index (χ4n) is 1.50. The molecule has 1 aromatic carbocycles. The fourth-order valence-corrected chi connectivity index (χ4v) is 3.01. The van der Waals surface area contributed by atoms with E-state index in [9.17, 15) is 0 Å². The Morgan fingerprint density at radius 3 is 3.00 bits per heavy atom. The van der Waals surface area contributed by atoms with Gasteiger partial charge in [0.25, 0.3) is 0 Å². The largest absolute Gasteiger partial charge is 0.396 e. The van der Waals surface area contributed by atoms with Crippen LogP contribution in [0.1, 0.15) is 0 Å². The van der Waals surface area contributed by atoms with Crippen LogP contribution < -0.4 is 5.73 Å². The van der Waals surface area contributed by atoms with Crippen molar-refractivity contribution in [2.75, 3.05) is 5.73 Å². The lowest BCUT2D eigenvalue weighted by molar-refractivity contribution is 0.685. The Morgan fingerprint density at radius 1 is 1.35 bits per heavy atom. The molecule has 5 nitrogen and oxygen atoms in total. The average Bonchev–Trinajstić information content (AvgIpc) is 2.92. The summed E-state index contributed by atoms with van der Waals surface area (Å²) >= 11 is 3.08. The number of anilines is 1. The van der Waals surface area contributed by atoms with Crippen LogP contribution in [-0.2, 0) is 7.05 Å². The van der Waals surface area contributed by atoms with Gasteiger partial charge in [0.15, 0.2) is 5.16 Å². The molecule has 7 heteroatoms. The first-order chi connectivity index (χ1) is 8.25. The van der Waals surface area contributed by atoms with E-state index in [4.69, 9.17) is 5.73 Å². The van der Waals surface area contributed by atoms with E-state index in [1.54, 1.807) is 21.5 Å². The first-order valence-corrected chi connectivity index (χ1v) is 6.59. The lowest BCUT2D eigenvalue weighted by Crippen LogP contribution is -1.95. The van der Waals surface area contributed by atoms with Crippen LogP contribution in [0.4, 0.5) is 5.69 Å². The summed E-state index contributed by atoms with van der Waals surface area (Å²) in [5, 5.41) is 4.84. The average molecular weight is 263 g/mol. The quantitative estimate of drug-likeness (QED) is 0.717. The molecule has 2 heterocycles. The van der Waals surface area contributed by atoms with Gasteiger partial charge in [-0.05, 0) is 23.9 Å². The summed E-state index contributed by atoms with van der Waals surface area (Å²) in [6.07, 6.45) is 1.53. The second-order valence-corrected chi connectivity index (χ2v) is 5.34. The maximum atomic E-state index is 6.10. The Hall–Kier alpha value is -1.60. The van der Waals surface area contributed by atoms with Gasteiger partial charge in [-0.2, -0.15) is 5.10 Å². The summed E-state index contributed by atoms with van der Waals surface area (Å²) in [5.74, 6) is 0. The fraction of sp³-hybridized carbons (Fsp3) is 0.100. The lowest BCUT2D eigenvalue weighted by atomic mass is 10.3. The summed E-state index contributed by atoms with van der Waals surface area (Å²) in [6.45, 7) is 0. The van der Waals surface area contributed by atoms with Gasteiger partial charge in [-0.1, -0.05) is 0 Å². The van der Waals surface area contributed by atoms with Crippen molar-refractivity contribution in [3.63, 3.8) is 0 Å². The lowest BCUT2D eigenvalue weighted by Gasteiger charge is -2.04. The van der Waals surface area contributed by atoms with E-state index < -0.39 is 0 Å². The van der Waals surface area contributed by atoms with E-state index in [2.05, 4.69) is 15.1 Å². The topological polar surface area (TPSA) is 69.6 Å². The van der Waals surface area contributed by atoms with Crippen molar-refractivity contribution in [2.45, 2.75) is 10.1 Å². The summed E-state index contributed by atoms with van der Waals surface area (Å²) in [5.41, 5.74) is 9.47. The molecule has 0 radical (unpaired) electrons. The highest BCUT2D eigenvalue weighted by Gasteiger charge is 2.10. The smallest absolute Gasteiger partial charge is 0.190 e. The number of nitrogen functional groups attached to an aromatic ring is 1. The molecule has 0 saturated heterocycles. The van der Waals surface area contributed by atoms with Crippen LogP contribution >= 0.6 is 23.1 Å². The number of thiazole rings is 1. The monoisotopic (exact) mass is 263 g/mol. The van der Waals surface area contributed by atoms with E-state index in [0.717, 1.165) is 20.3 Å². The Kier molecular flexibility index (Phi) is 2.49. The number of aryl methyl sites for hydroxylation is 1. The number of rotatable bonds is 2. The van der Waals surface area contributed by atoms with Crippen LogP contribution in [0.25, 0.3) is 10.2 Å². The molecule has 3 rings (SSSR count). The van der Waals surface area contributed by atoms with Crippen LogP contribution in [0.15, 0.2) is 34.0 Å². The van der Waals surface area contributed by atoms with Crippen molar-refractivity contribution in [1.82, 2.24) is 19.7 Å². The number of nitrogens with two attached hydrogens (primary N) is 1. The van der Waals surface area contributed by atoms with Crippen LogP contribution in [0.5, 0.6) is 0 Å². The molecule has 17 heavy (non-hydrogen) atoms. The van der Waals surface area contributed by atoms with Gasteiger partial charge in [-0.3, -0.25) is 0 Å². The predicted molar refractivity (Wildman–Crippen MR) is 69.2 cm³/mol. The van der Waals surface area contributed by atoms with Gasteiger partial charge in [0.2, 0.25) is 0 Å². The molecule has 0 atom stereocenters. The van der Waals surface area contributed by atoms with Crippen molar-refractivity contribution in [3.05, 3.63) is 24.0 Å². The molecule has 3 aromatic rings. The SMILES string of the molecule is Cn1ncnc1Sc1ccc2scnc2c1N. The molecule has 2 N–H and O–H groups in total. The molecule has 0 aliphatic carbocycles. The first kappa shape index (κ1) is 10.5. The van der Waals surface area contributed by atoms with E-state index in [0.29, 0.717) is 5.69 Å². The van der Waals surface area contributed by atoms with Crippen molar-refractivity contribution in [2.24, 2.45) is 7.05 Å². The summed E-state index contributed by atoms with van der Waals surface area (Å²) in [7, 11) is 1.85. The molecule has 0 amide bonds. The van der Waals surface area contributed by atoms with Crippen molar-refractivity contribution in [3.8, 4) is 0 Å². The van der Waals surface area contributed by atoms with Crippen LogP contribution in [0.2, 0.25) is 0 Å². The molecule has 0 aliphatic heterocycles. The van der Waals surface area contributed by atoms with E-state index in [1.807, 2.05) is 19.2 Å². The Morgan fingerprint density at radius 2 is 2.24 bits per heavy atom. The molecule has 0 fully saturated rings. The van der Waals surface area contributed by atoms with E-state index in [-0.39, 0.29) is 0 Å². The molecule has 2 aromatic heterocycles. The number of hydrogen-bond donors (Lipinski definition) is 1. The maximum Gasteiger partial charge on any atom is 0.190 e. The Balaban J connectivity index is 2.06. The zero-order valence-corrected chi connectivity index (χ0v) is 10.6.